The first kappa shape index (κ1) is 17.9. The van der Waals surface area contributed by atoms with Crippen LogP contribution < -0.4 is 10.6 Å². The Morgan fingerprint density at radius 3 is 2.12 bits per heavy atom. The van der Waals surface area contributed by atoms with Crippen molar-refractivity contribution in [2.24, 2.45) is 0 Å². The molecule has 2 aromatic carbocycles. The summed E-state index contributed by atoms with van der Waals surface area (Å²) in [5.41, 5.74) is 6.07. The van der Waals surface area contributed by atoms with E-state index in [0.29, 0.717) is 11.3 Å². The molecule has 4 nitrogen and oxygen atoms in total. The Balaban J connectivity index is 2.17. The van der Waals surface area contributed by atoms with E-state index in [9.17, 15) is 9.90 Å². The minimum absolute atomic E-state index is 0.110. The van der Waals surface area contributed by atoms with Gasteiger partial charge in [-0.1, -0.05) is 17.2 Å². The van der Waals surface area contributed by atoms with Gasteiger partial charge in [0.15, 0.2) is 5.11 Å². The highest BCUT2D eigenvalue weighted by Gasteiger charge is 2.14. The predicted molar refractivity (Wildman–Crippen MR) is 102 cm³/mol. The molecule has 2 aromatic rings. The van der Waals surface area contributed by atoms with Gasteiger partial charge in [0, 0.05) is 5.56 Å². The molecule has 24 heavy (non-hydrogen) atoms. The maximum Gasteiger partial charge on any atom is 0.257 e. The number of aromatic hydroxyl groups is 1. The van der Waals surface area contributed by atoms with Gasteiger partial charge in [-0.2, -0.15) is 0 Å². The van der Waals surface area contributed by atoms with Crippen LogP contribution in [0.1, 0.15) is 38.2 Å². The van der Waals surface area contributed by atoms with Gasteiger partial charge in [0.2, 0.25) is 0 Å². The van der Waals surface area contributed by atoms with Crippen LogP contribution in [0.25, 0.3) is 0 Å². The normalized spacial score (nSPS) is 10.4. The molecule has 0 spiro atoms. The molecule has 0 atom stereocenters. The average Bonchev–Trinajstić information content (AvgIpc) is 2.48. The summed E-state index contributed by atoms with van der Waals surface area (Å²) in [6.07, 6.45) is 0. The van der Waals surface area contributed by atoms with Gasteiger partial charge in [-0.3, -0.25) is 10.1 Å². The first-order valence-corrected chi connectivity index (χ1v) is 8.10. The molecule has 2 rings (SSSR count). The number of thiocarbonyl (C=S) groups is 1. The van der Waals surface area contributed by atoms with Gasteiger partial charge in [-0.25, -0.2) is 0 Å². The molecule has 3 N–H and O–H groups in total. The van der Waals surface area contributed by atoms with Gasteiger partial charge >= 0.3 is 0 Å². The number of anilines is 1. The smallest absolute Gasteiger partial charge is 0.257 e. The number of hydrogen-bond acceptors (Lipinski definition) is 3. The van der Waals surface area contributed by atoms with Crippen LogP contribution in [-0.2, 0) is 0 Å². The van der Waals surface area contributed by atoms with Crippen molar-refractivity contribution < 1.29 is 9.90 Å². The van der Waals surface area contributed by atoms with Gasteiger partial charge in [0.05, 0.1) is 5.69 Å². The molecule has 5 heteroatoms. The van der Waals surface area contributed by atoms with Crippen molar-refractivity contribution in [2.75, 3.05) is 5.32 Å². The lowest BCUT2D eigenvalue weighted by Gasteiger charge is -2.16. The van der Waals surface area contributed by atoms with Crippen LogP contribution in [0, 0.1) is 34.6 Å². The second-order valence-electron chi connectivity index (χ2n) is 6.12. The molecular formula is C19H22N2O2S. The Kier molecular flexibility index (Phi) is 5.24. The van der Waals surface area contributed by atoms with Crippen LogP contribution in [-0.4, -0.2) is 16.1 Å². The number of amides is 1. The van der Waals surface area contributed by atoms with Crippen molar-refractivity contribution in [2.45, 2.75) is 34.6 Å². The average molecular weight is 342 g/mol. The van der Waals surface area contributed by atoms with Gasteiger partial charge in [-0.15, -0.1) is 0 Å². The highest BCUT2D eigenvalue weighted by atomic mass is 32.1. The molecule has 126 valence electrons. The zero-order chi connectivity index (χ0) is 18.0. The lowest BCUT2D eigenvalue weighted by atomic mass is 10.0. The van der Waals surface area contributed by atoms with Gasteiger partial charge in [-0.05, 0) is 81.7 Å². The molecule has 0 radical (unpaired) electrons. The zero-order valence-corrected chi connectivity index (χ0v) is 15.4. The van der Waals surface area contributed by atoms with Crippen LogP contribution in [0.3, 0.4) is 0 Å². The van der Waals surface area contributed by atoms with Crippen LogP contribution in [0.15, 0.2) is 24.3 Å². The molecule has 0 fully saturated rings. The van der Waals surface area contributed by atoms with E-state index < -0.39 is 0 Å². The lowest BCUT2D eigenvalue weighted by Crippen LogP contribution is -2.34. The van der Waals surface area contributed by atoms with Crippen molar-refractivity contribution in [3.05, 3.63) is 57.6 Å². The van der Waals surface area contributed by atoms with Gasteiger partial charge < -0.3 is 10.4 Å². The van der Waals surface area contributed by atoms with E-state index in [2.05, 4.69) is 10.6 Å². The SMILES string of the molecule is Cc1cc(C)cc(C(=O)NC(=S)Nc2c(O)cc(C)c(C)c2C)c1. The molecule has 0 aliphatic carbocycles. The number of phenolic OH excluding ortho intramolecular Hbond substituents is 1. The number of nitrogens with one attached hydrogen (secondary N) is 2. The van der Waals surface area contributed by atoms with Gasteiger partial charge in [0.1, 0.15) is 5.75 Å². The van der Waals surface area contributed by atoms with E-state index >= 15 is 0 Å². The molecule has 0 saturated carbocycles. The molecular weight excluding hydrogens is 320 g/mol. The Labute approximate surface area is 147 Å². The van der Waals surface area contributed by atoms with Crippen molar-refractivity contribution in [1.82, 2.24) is 5.32 Å². The van der Waals surface area contributed by atoms with E-state index in [1.165, 1.54) is 0 Å². The largest absolute Gasteiger partial charge is 0.506 e. The Hall–Kier alpha value is -2.40. The Morgan fingerprint density at radius 2 is 1.54 bits per heavy atom. The van der Waals surface area contributed by atoms with Crippen molar-refractivity contribution in [3.8, 4) is 5.75 Å². The van der Waals surface area contributed by atoms with Crippen LogP contribution in [0.4, 0.5) is 5.69 Å². The number of rotatable bonds is 2. The van der Waals surface area contributed by atoms with Crippen LogP contribution in [0.5, 0.6) is 5.75 Å². The number of carbonyl (C=O) groups is 1. The molecule has 0 aliphatic heterocycles. The number of phenols is 1. The van der Waals surface area contributed by atoms with E-state index in [0.717, 1.165) is 27.8 Å². The van der Waals surface area contributed by atoms with Crippen molar-refractivity contribution in [1.29, 1.82) is 0 Å². The molecule has 0 aliphatic rings. The topological polar surface area (TPSA) is 61.4 Å². The first-order valence-electron chi connectivity index (χ1n) is 7.69. The standard InChI is InChI=1S/C19H22N2O2S/c1-10-6-11(2)8-15(7-10)18(23)21-19(24)20-17-14(5)13(4)12(3)9-16(17)22/h6-9,22H,1-5H3,(H2,20,21,23,24). The summed E-state index contributed by atoms with van der Waals surface area (Å²) in [4.78, 5) is 12.3. The van der Waals surface area contributed by atoms with Crippen LogP contribution in [0.2, 0.25) is 0 Å². The summed E-state index contributed by atoms with van der Waals surface area (Å²) in [6, 6.07) is 7.30. The van der Waals surface area contributed by atoms with E-state index in [1.807, 2.05) is 52.8 Å². The quantitative estimate of drug-likeness (QED) is 0.569. The van der Waals surface area contributed by atoms with E-state index in [4.69, 9.17) is 12.2 Å². The minimum atomic E-state index is -0.278. The van der Waals surface area contributed by atoms with Gasteiger partial charge in [0.25, 0.3) is 5.91 Å². The summed E-state index contributed by atoms with van der Waals surface area (Å²) < 4.78 is 0. The zero-order valence-electron chi connectivity index (χ0n) is 14.6. The first-order chi connectivity index (χ1) is 11.2. The third-order valence-electron chi connectivity index (χ3n) is 4.09. The van der Waals surface area contributed by atoms with Crippen LogP contribution >= 0.6 is 12.2 Å². The second kappa shape index (κ2) is 7.01. The lowest BCUT2D eigenvalue weighted by molar-refractivity contribution is 0.0977. The Morgan fingerprint density at radius 1 is 0.958 bits per heavy atom. The summed E-state index contributed by atoms with van der Waals surface area (Å²) in [5.74, 6) is -0.168. The molecule has 1 amide bonds. The molecule has 0 heterocycles. The van der Waals surface area contributed by atoms with E-state index in [1.54, 1.807) is 6.07 Å². The summed E-state index contributed by atoms with van der Waals surface area (Å²) in [7, 11) is 0. The number of aryl methyl sites for hydroxylation is 3. The maximum atomic E-state index is 12.3. The molecule has 0 saturated heterocycles. The summed E-state index contributed by atoms with van der Waals surface area (Å²) in [5, 5.41) is 15.9. The van der Waals surface area contributed by atoms with Crippen molar-refractivity contribution >= 4 is 28.9 Å². The summed E-state index contributed by atoms with van der Waals surface area (Å²) >= 11 is 5.22. The number of benzene rings is 2. The molecule has 0 bridgehead atoms. The number of carbonyl (C=O) groups excluding carboxylic acids is 1. The second-order valence-corrected chi connectivity index (χ2v) is 6.53. The summed E-state index contributed by atoms with van der Waals surface area (Å²) in [6.45, 7) is 9.70. The highest BCUT2D eigenvalue weighted by molar-refractivity contribution is 7.80. The fourth-order valence-electron chi connectivity index (χ4n) is 2.64. The predicted octanol–water partition coefficient (Wildman–Crippen LogP) is 4.06. The molecule has 0 unspecified atom stereocenters. The third kappa shape index (κ3) is 3.92. The Bertz CT molecular complexity index is 808. The fraction of sp³-hybridized carbons (Fsp3) is 0.263. The fourth-order valence-corrected chi connectivity index (χ4v) is 2.84. The third-order valence-corrected chi connectivity index (χ3v) is 4.29. The minimum Gasteiger partial charge on any atom is -0.506 e. The van der Waals surface area contributed by atoms with E-state index in [-0.39, 0.29) is 16.8 Å². The monoisotopic (exact) mass is 342 g/mol. The maximum absolute atomic E-state index is 12.3. The number of hydrogen-bond donors (Lipinski definition) is 3. The van der Waals surface area contributed by atoms with Crippen molar-refractivity contribution in [3.63, 3.8) is 0 Å². The highest BCUT2D eigenvalue weighted by Crippen LogP contribution is 2.31. The molecule has 0 aromatic heterocycles.